The summed E-state index contributed by atoms with van der Waals surface area (Å²) < 4.78 is 0. The van der Waals surface area contributed by atoms with Gasteiger partial charge in [-0.05, 0) is 29.8 Å². The van der Waals surface area contributed by atoms with Gasteiger partial charge in [-0.25, -0.2) is 9.97 Å². The van der Waals surface area contributed by atoms with Gasteiger partial charge in [0.05, 0.1) is 11.0 Å². The summed E-state index contributed by atoms with van der Waals surface area (Å²) in [6.07, 6.45) is 1.67. The van der Waals surface area contributed by atoms with E-state index in [4.69, 9.17) is 0 Å². The third kappa shape index (κ3) is 3.72. The molecule has 5 nitrogen and oxygen atoms in total. The summed E-state index contributed by atoms with van der Waals surface area (Å²) in [7, 11) is 0. The van der Waals surface area contributed by atoms with Gasteiger partial charge in [-0.3, -0.25) is 10.1 Å². The summed E-state index contributed by atoms with van der Waals surface area (Å²) in [6.45, 7) is 0. The van der Waals surface area contributed by atoms with Crippen LogP contribution in [0.3, 0.4) is 0 Å². The molecule has 0 aliphatic carbocycles. The fourth-order valence-corrected chi connectivity index (χ4v) is 3.72. The lowest BCUT2D eigenvalue weighted by atomic mass is 10.1. The Morgan fingerprint density at radius 3 is 2.76 bits per heavy atom. The zero-order chi connectivity index (χ0) is 17.1. The number of nitrogens with one attached hydrogen (secondary N) is 2. The van der Waals surface area contributed by atoms with Crippen molar-refractivity contribution >= 4 is 45.2 Å². The van der Waals surface area contributed by atoms with Crippen LogP contribution in [0, 0.1) is 0 Å². The predicted molar refractivity (Wildman–Crippen MR) is 102 cm³/mol. The summed E-state index contributed by atoms with van der Waals surface area (Å²) in [6, 6.07) is 15.6. The molecule has 7 heteroatoms. The van der Waals surface area contributed by atoms with E-state index in [2.05, 4.69) is 20.3 Å². The third-order valence-corrected chi connectivity index (χ3v) is 5.25. The molecule has 0 radical (unpaired) electrons. The number of benzene rings is 2. The molecule has 2 aromatic heterocycles. The van der Waals surface area contributed by atoms with Gasteiger partial charge < -0.3 is 4.98 Å². The largest absolute Gasteiger partial charge is 0.333 e. The number of anilines is 1. The van der Waals surface area contributed by atoms with Gasteiger partial charge in [0, 0.05) is 22.9 Å². The van der Waals surface area contributed by atoms with Crippen LogP contribution in [-0.2, 0) is 5.75 Å². The minimum absolute atomic E-state index is 0.147. The highest BCUT2D eigenvalue weighted by Gasteiger charge is 2.08. The van der Waals surface area contributed by atoms with Crippen LogP contribution < -0.4 is 5.32 Å². The van der Waals surface area contributed by atoms with Crippen LogP contribution in [0.4, 0.5) is 5.13 Å². The summed E-state index contributed by atoms with van der Waals surface area (Å²) in [5.41, 5.74) is 3.77. The summed E-state index contributed by atoms with van der Waals surface area (Å²) in [5.74, 6) is 0.639. The average Bonchev–Trinajstić information content (AvgIpc) is 3.29. The molecule has 2 N–H and O–H groups in total. The number of thiazole rings is 1. The molecule has 2 aromatic carbocycles. The highest BCUT2D eigenvalue weighted by Crippen LogP contribution is 2.23. The van der Waals surface area contributed by atoms with Crippen molar-refractivity contribution in [2.24, 2.45) is 0 Å². The van der Waals surface area contributed by atoms with Gasteiger partial charge in [-0.15, -0.1) is 11.3 Å². The van der Waals surface area contributed by atoms with Crippen molar-refractivity contribution in [2.75, 3.05) is 5.32 Å². The zero-order valence-corrected chi connectivity index (χ0v) is 14.7. The first-order valence-electron chi connectivity index (χ1n) is 7.65. The van der Waals surface area contributed by atoms with Crippen molar-refractivity contribution < 1.29 is 4.79 Å². The third-order valence-electron chi connectivity index (χ3n) is 3.61. The van der Waals surface area contributed by atoms with Gasteiger partial charge in [0.15, 0.2) is 10.3 Å². The number of carbonyl (C=O) groups excluding carboxylic acids is 1. The van der Waals surface area contributed by atoms with Crippen LogP contribution in [0.25, 0.3) is 11.0 Å². The molecule has 4 aromatic rings. The van der Waals surface area contributed by atoms with E-state index in [0.717, 1.165) is 27.5 Å². The average molecular weight is 366 g/mol. The van der Waals surface area contributed by atoms with Gasteiger partial charge in [0.25, 0.3) is 5.91 Å². The van der Waals surface area contributed by atoms with Crippen molar-refractivity contribution in [2.45, 2.75) is 10.9 Å². The Labute approximate surface area is 152 Å². The number of thioether (sulfide) groups is 1. The quantitative estimate of drug-likeness (QED) is 0.508. The Bertz CT molecular complexity index is 961. The van der Waals surface area contributed by atoms with E-state index in [0.29, 0.717) is 10.7 Å². The Kier molecular flexibility index (Phi) is 4.49. The Hall–Kier alpha value is -2.64. The predicted octanol–water partition coefficient (Wildman–Crippen LogP) is 4.56. The number of rotatable bonds is 5. The molecule has 0 saturated heterocycles. The monoisotopic (exact) mass is 366 g/mol. The first-order valence-corrected chi connectivity index (χ1v) is 9.52. The SMILES string of the molecule is O=C(Nc1nccs1)c1ccc(CSc2nc3ccccc3[nH]2)cc1. The normalized spacial score (nSPS) is 10.9. The Morgan fingerprint density at radius 2 is 2.00 bits per heavy atom. The van der Waals surface area contributed by atoms with Crippen LogP contribution in [0.2, 0.25) is 0 Å². The number of H-pyrrole nitrogens is 1. The molecule has 1 amide bonds. The molecule has 2 heterocycles. The van der Waals surface area contributed by atoms with Gasteiger partial charge in [0.1, 0.15) is 0 Å². The number of hydrogen-bond donors (Lipinski definition) is 2. The van der Waals surface area contributed by atoms with Crippen molar-refractivity contribution in [1.82, 2.24) is 15.0 Å². The van der Waals surface area contributed by atoms with Gasteiger partial charge in [-0.1, -0.05) is 36.0 Å². The van der Waals surface area contributed by atoms with Crippen LogP contribution in [0.1, 0.15) is 15.9 Å². The fourth-order valence-electron chi connectivity index (χ4n) is 2.36. The van der Waals surface area contributed by atoms with E-state index >= 15 is 0 Å². The molecule has 0 bridgehead atoms. The van der Waals surface area contributed by atoms with Crippen LogP contribution in [0.15, 0.2) is 65.3 Å². The van der Waals surface area contributed by atoms with E-state index in [1.54, 1.807) is 18.0 Å². The Morgan fingerprint density at radius 1 is 1.16 bits per heavy atom. The molecule has 4 rings (SSSR count). The molecule has 0 fully saturated rings. The minimum Gasteiger partial charge on any atom is -0.333 e. The Balaban J connectivity index is 1.39. The van der Waals surface area contributed by atoms with E-state index in [-0.39, 0.29) is 5.91 Å². The summed E-state index contributed by atoms with van der Waals surface area (Å²) in [4.78, 5) is 24.0. The number of amides is 1. The van der Waals surface area contributed by atoms with Crippen molar-refractivity contribution in [3.8, 4) is 0 Å². The first kappa shape index (κ1) is 15.9. The second-order valence-corrected chi connectivity index (χ2v) is 7.19. The molecule has 0 unspecified atom stereocenters. The molecular formula is C18H14N4OS2. The second-order valence-electron chi connectivity index (χ2n) is 5.34. The lowest BCUT2D eigenvalue weighted by Crippen LogP contribution is -2.11. The molecule has 0 saturated carbocycles. The standard InChI is InChI=1S/C18H14N4OS2/c23-16(22-17-19-9-10-24-17)13-7-5-12(6-8-13)11-25-18-20-14-3-1-2-4-15(14)21-18/h1-10H,11H2,(H,20,21)(H,19,22,23). The summed E-state index contributed by atoms with van der Waals surface area (Å²) >= 11 is 3.04. The van der Waals surface area contributed by atoms with Crippen LogP contribution in [0.5, 0.6) is 0 Å². The van der Waals surface area contributed by atoms with Crippen molar-refractivity contribution in [3.63, 3.8) is 0 Å². The molecule has 25 heavy (non-hydrogen) atoms. The van der Waals surface area contributed by atoms with Gasteiger partial charge in [-0.2, -0.15) is 0 Å². The highest BCUT2D eigenvalue weighted by molar-refractivity contribution is 7.98. The number of fused-ring (bicyclic) bond motifs is 1. The van der Waals surface area contributed by atoms with E-state index in [1.807, 2.05) is 53.9 Å². The lowest BCUT2D eigenvalue weighted by molar-refractivity contribution is 0.102. The number of aromatic amines is 1. The van der Waals surface area contributed by atoms with E-state index in [9.17, 15) is 4.79 Å². The number of imidazole rings is 1. The smallest absolute Gasteiger partial charge is 0.257 e. The summed E-state index contributed by atoms with van der Waals surface area (Å²) in [5, 5.41) is 6.11. The maximum absolute atomic E-state index is 12.1. The highest BCUT2D eigenvalue weighted by atomic mass is 32.2. The van der Waals surface area contributed by atoms with E-state index < -0.39 is 0 Å². The maximum atomic E-state index is 12.1. The molecular weight excluding hydrogens is 352 g/mol. The number of para-hydroxylation sites is 2. The first-order chi connectivity index (χ1) is 12.3. The zero-order valence-electron chi connectivity index (χ0n) is 13.1. The molecule has 0 spiro atoms. The second kappa shape index (κ2) is 7.08. The lowest BCUT2D eigenvalue weighted by Gasteiger charge is -2.03. The van der Waals surface area contributed by atoms with E-state index in [1.165, 1.54) is 11.3 Å². The van der Waals surface area contributed by atoms with Crippen molar-refractivity contribution in [1.29, 1.82) is 0 Å². The van der Waals surface area contributed by atoms with Crippen LogP contribution >= 0.6 is 23.1 Å². The number of aromatic nitrogens is 3. The number of carbonyl (C=O) groups is 1. The van der Waals surface area contributed by atoms with Crippen molar-refractivity contribution in [3.05, 3.63) is 71.2 Å². The molecule has 124 valence electrons. The van der Waals surface area contributed by atoms with Crippen LogP contribution in [-0.4, -0.2) is 20.9 Å². The van der Waals surface area contributed by atoms with Gasteiger partial charge in [0.2, 0.25) is 0 Å². The fraction of sp³-hybridized carbons (Fsp3) is 0.0556. The number of nitrogens with zero attached hydrogens (tertiary/aromatic N) is 2. The minimum atomic E-state index is -0.147. The maximum Gasteiger partial charge on any atom is 0.257 e. The molecule has 0 aliphatic rings. The topological polar surface area (TPSA) is 70.7 Å². The molecule has 0 aliphatic heterocycles. The number of hydrogen-bond acceptors (Lipinski definition) is 5. The molecule has 0 atom stereocenters. The van der Waals surface area contributed by atoms with Gasteiger partial charge >= 0.3 is 0 Å².